The van der Waals surface area contributed by atoms with Crippen molar-refractivity contribution in [1.29, 1.82) is 0 Å². The second-order valence-electron chi connectivity index (χ2n) is 5.07. The number of sulfonamides is 1. The second-order valence-corrected chi connectivity index (χ2v) is 7.97. The molecule has 1 aliphatic rings. The number of aromatic carboxylic acids is 1. The molecular weight excluding hydrogens is 302 g/mol. The van der Waals surface area contributed by atoms with Crippen molar-refractivity contribution in [3.05, 3.63) is 17.0 Å². The lowest BCUT2D eigenvalue weighted by Crippen LogP contribution is -2.44. The van der Waals surface area contributed by atoms with Gasteiger partial charge in [-0.1, -0.05) is 19.3 Å². The van der Waals surface area contributed by atoms with Crippen LogP contribution in [0, 0.1) is 0 Å². The molecule has 0 atom stereocenters. The maximum atomic E-state index is 12.0. The Hall–Kier alpha value is -0.960. The number of aliphatic hydroxyl groups is 1. The van der Waals surface area contributed by atoms with E-state index in [1.54, 1.807) is 0 Å². The lowest BCUT2D eigenvalue weighted by molar-refractivity contribution is 0.00946. The molecule has 0 aliphatic heterocycles. The van der Waals surface area contributed by atoms with Crippen molar-refractivity contribution >= 4 is 27.3 Å². The first-order chi connectivity index (χ1) is 9.32. The number of nitrogens with one attached hydrogen (secondary N) is 1. The molecule has 0 unspecified atom stereocenters. The average molecular weight is 319 g/mol. The summed E-state index contributed by atoms with van der Waals surface area (Å²) in [6.07, 6.45) is 4.00. The molecule has 20 heavy (non-hydrogen) atoms. The summed E-state index contributed by atoms with van der Waals surface area (Å²) in [7, 11) is -3.77. The van der Waals surface area contributed by atoms with Gasteiger partial charge in [0.15, 0.2) is 0 Å². The molecule has 1 aliphatic carbocycles. The standard InChI is InChI=1S/C12H17NO5S2/c14-11(15)9-6-10(19-7-9)20(17,18)13-8-12(16)4-2-1-3-5-12/h6-7,13,16H,1-5,8H2,(H,14,15). The van der Waals surface area contributed by atoms with E-state index in [1.807, 2.05) is 0 Å². The highest BCUT2D eigenvalue weighted by Gasteiger charge is 2.31. The van der Waals surface area contributed by atoms with E-state index < -0.39 is 21.6 Å². The Morgan fingerprint density at radius 1 is 1.35 bits per heavy atom. The molecular formula is C12H17NO5S2. The van der Waals surface area contributed by atoms with Gasteiger partial charge >= 0.3 is 5.97 Å². The SMILES string of the molecule is O=C(O)c1csc(S(=O)(=O)NCC2(O)CCCCC2)c1. The van der Waals surface area contributed by atoms with Crippen LogP contribution in [0.1, 0.15) is 42.5 Å². The lowest BCUT2D eigenvalue weighted by Gasteiger charge is -2.31. The van der Waals surface area contributed by atoms with Crippen LogP contribution in [0.4, 0.5) is 0 Å². The number of carbonyl (C=O) groups is 1. The van der Waals surface area contributed by atoms with Crippen molar-refractivity contribution in [2.24, 2.45) is 0 Å². The summed E-state index contributed by atoms with van der Waals surface area (Å²) in [5, 5.41) is 20.3. The third kappa shape index (κ3) is 3.57. The Morgan fingerprint density at radius 3 is 2.55 bits per heavy atom. The minimum Gasteiger partial charge on any atom is -0.478 e. The van der Waals surface area contributed by atoms with Gasteiger partial charge in [-0.3, -0.25) is 0 Å². The normalized spacial score (nSPS) is 18.9. The minimum atomic E-state index is -3.77. The number of thiophene rings is 1. The Balaban J connectivity index is 2.05. The lowest BCUT2D eigenvalue weighted by atomic mass is 9.85. The van der Waals surface area contributed by atoms with E-state index in [4.69, 9.17) is 5.11 Å². The van der Waals surface area contributed by atoms with Crippen molar-refractivity contribution in [3.8, 4) is 0 Å². The topological polar surface area (TPSA) is 104 Å². The highest BCUT2D eigenvalue weighted by atomic mass is 32.2. The molecule has 2 rings (SSSR count). The molecule has 0 bridgehead atoms. The molecule has 1 aromatic rings. The molecule has 1 heterocycles. The van der Waals surface area contributed by atoms with E-state index in [1.165, 1.54) is 5.38 Å². The van der Waals surface area contributed by atoms with Gasteiger partial charge in [0.25, 0.3) is 0 Å². The quantitative estimate of drug-likeness (QED) is 0.761. The van der Waals surface area contributed by atoms with E-state index in [0.29, 0.717) is 12.8 Å². The fourth-order valence-electron chi connectivity index (χ4n) is 2.26. The van der Waals surface area contributed by atoms with Crippen LogP contribution >= 0.6 is 11.3 Å². The van der Waals surface area contributed by atoms with Gasteiger partial charge in [0.2, 0.25) is 10.0 Å². The predicted molar refractivity (Wildman–Crippen MR) is 74.5 cm³/mol. The maximum Gasteiger partial charge on any atom is 0.336 e. The molecule has 0 spiro atoms. The first kappa shape index (κ1) is 15.4. The van der Waals surface area contributed by atoms with Crippen molar-refractivity contribution in [2.45, 2.75) is 41.9 Å². The van der Waals surface area contributed by atoms with Gasteiger partial charge in [-0.05, 0) is 18.9 Å². The number of carboxylic acids is 1. The Morgan fingerprint density at radius 2 is 2.00 bits per heavy atom. The van der Waals surface area contributed by atoms with E-state index in [0.717, 1.165) is 36.7 Å². The molecule has 0 aromatic carbocycles. The van der Waals surface area contributed by atoms with Gasteiger partial charge in [0.05, 0.1) is 11.2 Å². The van der Waals surface area contributed by atoms with Gasteiger partial charge < -0.3 is 10.2 Å². The number of hydrogen-bond acceptors (Lipinski definition) is 5. The smallest absolute Gasteiger partial charge is 0.336 e. The number of rotatable bonds is 5. The highest BCUT2D eigenvalue weighted by Crippen LogP contribution is 2.28. The minimum absolute atomic E-state index is 0.0321. The van der Waals surface area contributed by atoms with Crippen molar-refractivity contribution < 1.29 is 23.4 Å². The summed E-state index contributed by atoms with van der Waals surface area (Å²) in [6, 6.07) is 1.13. The van der Waals surface area contributed by atoms with Gasteiger partial charge in [-0.25, -0.2) is 17.9 Å². The fourth-order valence-corrected chi connectivity index (χ4v) is 4.57. The predicted octanol–water partition coefficient (Wildman–Crippen LogP) is 1.42. The third-order valence-corrected chi connectivity index (χ3v) is 6.30. The Labute approximate surface area is 121 Å². The molecule has 1 aromatic heterocycles. The van der Waals surface area contributed by atoms with Crippen LogP contribution in [-0.2, 0) is 10.0 Å². The largest absolute Gasteiger partial charge is 0.478 e. The van der Waals surface area contributed by atoms with Gasteiger partial charge in [0, 0.05) is 11.9 Å². The molecule has 0 amide bonds. The summed E-state index contributed by atoms with van der Waals surface area (Å²) >= 11 is 0.857. The summed E-state index contributed by atoms with van der Waals surface area (Å²) in [5.41, 5.74) is -1.04. The van der Waals surface area contributed by atoms with E-state index in [2.05, 4.69) is 4.72 Å². The molecule has 6 nitrogen and oxygen atoms in total. The summed E-state index contributed by atoms with van der Waals surface area (Å²) in [6.45, 7) is -0.0321. The zero-order chi connectivity index (χ0) is 14.8. The van der Waals surface area contributed by atoms with Crippen LogP contribution in [0.25, 0.3) is 0 Å². The van der Waals surface area contributed by atoms with Crippen LogP contribution < -0.4 is 4.72 Å². The number of hydrogen-bond donors (Lipinski definition) is 3. The molecule has 0 saturated heterocycles. The Kier molecular flexibility index (Phi) is 4.48. The van der Waals surface area contributed by atoms with Crippen LogP contribution in [0.15, 0.2) is 15.7 Å². The van der Waals surface area contributed by atoms with Crippen molar-refractivity contribution in [2.75, 3.05) is 6.54 Å². The summed E-state index contributed by atoms with van der Waals surface area (Å²) < 4.78 is 26.4. The monoisotopic (exact) mass is 319 g/mol. The Bertz CT molecular complexity index is 587. The fraction of sp³-hybridized carbons (Fsp3) is 0.583. The van der Waals surface area contributed by atoms with Crippen LogP contribution in [-0.4, -0.2) is 36.7 Å². The highest BCUT2D eigenvalue weighted by molar-refractivity contribution is 7.91. The molecule has 112 valence electrons. The summed E-state index contributed by atoms with van der Waals surface area (Å²) in [4.78, 5) is 10.7. The van der Waals surface area contributed by atoms with Crippen molar-refractivity contribution in [3.63, 3.8) is 0 Å². The molecule has 1 fully saturated rings. The summed E-state index contributed by atoms with van der Waals surface area (Å²) in [5.74, 6) is -1.16. The number of carboxylic acid groups (broad SMARTS) is 1. The zero-order valence-corrected chi connectivity index (χ0v) is 12.5. The zero-order valence-electron chi connectivity index (χ0n) is 10.8. The molecule has 8 heteroatoms. The average Bonchev–Trinajstić information content (AvgIpc) is 2.88. The van der Waals surface area contributed by atoms with Crippen molar-refractivity contribution in [1.82, 2.24) is 4.72 Å². The molecule has 3 N–H and O–H groups in total. The van der Waals surface area contributed by atoms with E-state index in [-0.39, 0.29) is 16.3 Å². The van der Waals surface area contributed by atoms with Gasteiger partial charge in [-0.2, -0.15) is 0 Å². The van der Waals surface area contributed by atoms with E-state index >= 15 is 0 Å². The van der Waals surface area contributed by atoms with Crippen LogP contribution in [0.3, 0.4) is 0 Å². The van der Waals surface area contributed by atoms with Crippen LogP contribution in [0.5, 0.6) is 0 Å². The second kappa shape index (κ2) is 5.80. The first-order valence-corrected chi connectivity index (χ1v) is 8.73. The van der Waals surface area contributed by atoms with E-state index in [9.17, 15) is 18.3 Å². The van der Waals surface area contributed by atoms with Gasteiger partial charge in [0.1, 0.15) is 4.21 Å². The molecule has 0 radical (unpaired) electrons. The third-order valence-electron chi connectivity index (χ3n) is 3.46. The molecule has 1 saturated carbocycles. The van der Waals surface area contributed by atoms with Gasteiger partial charge in [-0.15, -0.1) is 11.3 Å². The maximum absolute atomic E-state index is 12.0. The first-order valence-electron chi connectivity index (χ1n) is 6.36. The van der Waals surface area contributed by atoms with Crippen LogP contribution in [0.2, 0.25) is 0 Å².